The molecule has 0 aliphatic carbocycles. The van der Waals surface area contributed by atoms with Crippen molar-refractivity contribution in [3.05, 3.63) is 48.2 Å². The Morgan fingerprint density at radius 2 is 1.94 bits per heavy atom. The molecule has 0 radical (unpaired) electrons. The zero-order valence-corrected chi connectivity index (χ0v) is 10.2. The summed E-state index contributed by atoms with van der Waals surface area (Å²) in [5, 5.41) is 14.2. The van der Waals surface area contributed by atoms with Gasteiger partial charge in [-0.3, -0.25) is 0 Å². The lowest BCUT2D eigenvalue weighted by atomic mass is 10.2. The van der Waals surface area contributed by atoms with Crippen LogP contribution in [0.1, 0.15) is 5.69 Å². The maximum Gasteiger partial charge on any atom is 0.215 e. The lowest BCUT2D eigenvalue weighted by molar-refractivity contribution is 0.434. The summed E-state index contributed by atoms with van der Waals surface area (Å²) in [5.74, 6) is 0.299. The molecule has 90 valence electrons. The standard InChI is InChI=1S/C13H10ClN3O/c14-8-10-6-13(18)17-12(15-10)7-11(16-17)9-4-2-1-3-5-9/h1-7,18H,8H2. The molecule has 5 heteroatoms. The van der Waals surface area contributed by atoms with Crippen molar-refractivity contribution in [3.63, 3.8) is 0 Å². The molecule has 0 fully saturated rings. The number of hydrogen-bond donors (Lipinski definition) is 1. The van der Waals surface area contributed by atoms with Crippen LogP contribution >= 0.6 is 11.6 Å². The Morgan fingerprint density at radius 3 is 2.67 bits per heavy atom. The van der Waals surface area contributed by atoms with E-state index in [4.69, 9.17) is 11.6 Å². The molecule has 4 nitrogen and oxygen atoms in total. The first-order valence-corrected chi connectivity index (χ1v) is 6.01. The van der Waals surface area contributed by atoms with E-state index in [0.29, 0.717) is 11.3 Å². The fourth-order valence-electron chi connectivity index (χ4n) is 1.83. The summed E-state index contributed by atoms with van der Waals surface area (Å²) in [6.45, 7) is 0. The van der Waals surface area contributed by atoms with Gasteiger partial charge in [-0.2, -0.15) is 9.61 Å². The van der Waals surface area contributed by atoms with Gasteiger partial charge in [-0.25, -0.2) is 4.98 Å². The Kier molecular flexibility index (Phi) is 2.64. The van der Waals surface area contributed by atoms with Crippen molar-refractivity contribution in [1.82, 2.24) is 14.6 Å². The molecule has 0 unspecified atom stereocenters. The molecule has 0 spiro atoms. The van der Waals surface area contributed by atoms with Gasteiger partial charge in [0.15, 0.2) is 5.65 Å². The lowest BCUT2D eigenvalue weighted by Gasteiger charge is -1.99. The van der Waals surface area contributed by atoms with Gasteiger partial charge >= 0.3 is 0 Å². The van der Waals surface area contributed by atoms with E-state index in [-0.39, 0.29) is 11.8 Å². The zero-order valence-electron chi connectivity index (χ0n) is 9.42. The van der Waals surface area contributed by atoms with Crippen molar-refractivity contribution < 1.29 is 5.11 Å². The Bertz CT molecular complexity index is 694. The van der Waals surface area contributed by atoms with Crippen LogP contribution in [0.5, 0.6) is 5.88 Å². The van der Waals surface area contributed by atoms with Crippen LogP contribution in [0.4, 0.5) is 0 Å². The fourth-order valence-corrected chi connectivity index (χ4v) is 1.96. The lowest BCUT2D eigenvalue weighted by Crippen LogP contribution is -1.94. The van der Waals surface area contributed by atoms with E-state index in [9.17, 15) is 5.11 Å². The number of hydrogen-bond acceptors (Lipinski definition) is 3. The maximum atomic E-state index is 9.85. The molecular weight excluding hydrogens is 250 g/mol. The van der Waals surface area contributed by atoms with Crippen LogP contribution in [0.25, 0.3) is 16.9 Å². The van der Waals surface area contributed by atoms with Crippen LogP contribution in [0, 0.1) is 0 Å². The molecule has 0 saturated heterocycles. The van der Waals surface area contributed by atoms with E-state index < -0.39 is 0 Å². The molecule has 0 atom stereocenters. The highest BCUT2D eigenvalue weighted by Gasteiger charge is 2.09. The van der Waals surface area contributed by atoms with Gasteiger partial charge < -0.3 is 5.11 Å². The average molecular weight is 260 g/mol. The molecule has 3 rings (SSSR count). The van der Waals surface area contributed by atoms with Crippen molar-refractivity contribution in [2.24, 2.45) is 0 Å². The number of rotatable bonds is 2. The largest absolute Gasteiger partial charge is 0.493 e. The van der Waals surface area contributed by atoms with Crippen LogP contribution < -0.4 is 0 Å². The fraction of sp³-hybridized carbons (Fsp3) is 0.0769. The highest BCUT2D eigenvalue weighted by molar-refractivity contribution is 6.16. The number of aromatic hydroxyl groups is 1. The summed E-state index contributed by atoms with van der Waals surface area (Å²) >= 11 is 5.72. The van der Waals surface area contributed by atoms with E-state index >= 15 is 0 Å². The topological polar surface area (TPSA) is 50.4 Å². The second-order valence-electron chi connectivity index (χ2n) is 3.90. The summed E-state index contributed by atoms with van der Waals surface area (Å²) in [5.41, 5.74) is 2.96. The average Bonchev–Trinajstić information content (AvgIpc) is 2.84. The first-order chi connectivity index (χ1) is 8.78. The molecule has 0 aliphatic rings. The smallest absolute Gasteiger partial charge is 0.215 e. The highest BCUT2D eigenvalue weighted by atomic mass is 35.5. The van der Waals surface area contributed by atoms with E-state index in [1.807, 2.05) is 36.4 Å². The molecular formula is C13H10ClN3O. The molecule has 3 aromatic rings. The molecule has 2 aromatic heterocycles. The van der Waals surface area contributed by atoms with Crippen LogP contribution in [-0.2, 0) is 5.88 Å². The number of alkyl halides is 1. The van der Waals surface area contributed by atoms with Crippen molar-refractivity contribution in [2.45, 2.75) is 5.88 Å². The van der Waals surface area contributed by atoms with Gasteiger partial charge in [-0.15, -0.1) is 11.6 Å². The van der Waals surface area contributed by atoms with Crippen molar-refractivity contribution in [1.29, 1.82) is 0 Å². The third-order valence-electron chi connectivity index (χ3n) is 2.67. The van der Waals surface area contributed by atoms with E-state index in [1.165, 1.54) is 10.6 Å². The minimum Gasteiger partial charge on any atom is -0.493 e. The molecule has 18 heavy (non-hydrogen) atoms. The van der Waals surface area contributed by atoms with E-state index in [0.717, 1.165) is 11.3 Å². The van der Waals surface area contributed by atoms with Gasteiger partial charge in [0.1, 0.15) is 0 Å². The quantitative estimate of drug-likeness (QED) is 0.720. The molecule has 0 aliphatic heterocycles. The monoisotopic (exact) mass is 259 g/mol. The van der Waals surface area contributed by atoms with E-state index in [2.05, 4.69) is 10.1 Å². The minimum absolute atomic E-state index is 0.0397. The van der Waals surface area contributed by atoms with Gasteiger partial charge in [0, 0.05) is 17.7 Å². The van der Waals surface area contributed by atoms with Crippen LogP contribution in [0.15, 0.2) is 42.5 Å². The Labute approximate surface area is 108 Å². The first kappa shape index (κ1) is 11.0. The number of halogens is 1. The molecule has 1 N–H and O–H groups in total. The van der Waals surface area contributed by atoms with Gasteiger partial charge in [0.25, 0.3) is 0 Å². The van der Waals surface area contributed by atoms with Crippen molar-refractivity contribution in [2.75, 3.05) is 0 Å². The summed E-state index contributed by atoms with van der Waals surface area (Å²) < 4.78 is 1.40. The third kappa shape index (κ3) is 1.80. The molecule has 0 amide bonds. The number of nitrogens with zero attached hydrogens (tertiary/aromatic N) is 3. The van der Waals surface area contributed by atoms with Gasteiger partial charge in [-0.1, -0.05) is 30.3 Å². The Balaban J connectivity index is 2.20. The Hall–Kier alpha value is -2.07. The first-order valence-electron chi connectivity index (χ1n) is 5.48. The molecule has 0 bridgehead atoms. The van der Waals surface area contributed by atoms with Crippen LogP contribution in [0.3, 0.4) is 0 Å². The van der Waals surface area contributed by atoms with Crippen molar-refractivity contribution in [3.8, 4) is 17.1 Å². The highest BCUT2D eigenvalue weighted by Crippen LogP contribution is 2.22. The maximum absolute atomic E-state index is 9.85. The zero-order chi connectivity index (χ0) is 12.5. The summed E-state index contributed by atoms with van der Waals surface area (Å²) in [6, 6.07) is 13.1. The summed E-state index contributed by atoms with van der Waals surface area (Å²) in [6.07, 6.45) is 0. The van der Waals surface area contributed by atoms with Crippen LogP contribution in [-0.4, -0.2) is 19.7 Å². The Morgan fingerprint density at radius 1 is 1.17 bits per heavy atom. The second kappa shape index (κ2) is 4.31. The number of benzene rings is 1. The molecule has 2 heterocycles. The van der Waals surface area contributed by atoms with Gasteiger partial charge in [-0.05, 0) is 0 Å². The number of aromatic nitrogens is 3. The minimum atomic E-state index is 0.0397. The second-order valence-corrected chi connectivity index (χ2v) is 4.17. The van der Waals surface area contributed by atoms with Crippen molar-refractivity contribution >= 4 is 17.2 Å². The predicted molar refractivity (Wildman–Crippen MR) is 69.6 cm³/mol. The summed E-state index contributed by atoms with van der Waals surface area (Å²) in [4.78, 5) is 4.31. The van der Waals surface area contributed by atoms with Gasteiger partial charge in [0.05, 0.1) is 17.3 Å². The summed E-state index contributed by atoms with van der Waals surface area (Å²) in [7, 11) is 0. The normalized spacial score (nSPS) is 10.9. The SMILES string of the molecule is Oc1cc(CCl)nc2cc(-c3ccccc3)nn12. The molecule has 1 aromatic carbocycles. The van der Waals surface area contributed by atoms with Crippen LogP contribution in [0.2, 0.25) is 0 Å². The molecule has 0 saturated carbocycles. The van der Waals surface area contributed by atoms with E-state index in [1.54, 1.807) is 0 Å². The number of fused-ring (bicyclic) bond motifs is 1. The third-order valence-corrected chi connectivity index (χ3v) is 2.94. The predicted octanol–water partition coefficient (Wildman–Crippen LogP) is 2.84. The van der Waals surface area contributed by atoms with Gasteiger partial charge in [0.2, 0.25) is 5.88 Å².